The van der Waals surface area contributed by atoms with Gasteiger partial charge in [-0.3, -0.25) is 0 Å². The average molecular weight is 987 g/mol. The Kier molecular flexibility index (Phi) is 15.4. The van der Waals surface area contributed by atoms with Gasteiger partial charge in [0.05, 0.1) is 16.4 Å². The molecular formula is C73H66N2O. The fourth-order valence-corrected chi connectivity index (χ4v) is 10.8. The number of para-hydroxylation sites is 2. The number of hydrogen-bond donors (Lipinski definition) is 0. The zero-order valence-corrected chi connectivity index (χ0v) is 44.7. The maximum absolute atomic E-state index is 6.95. The third-order valence-electron chi connectivity index (χ3n) is 14.2. The van der Waals surface area contributed by atoms with E-state index in [1.54, 1.807) is 11.6 Å². The van der Waals surface area contributed by atoms with Gasteiger partial charge in [-0.25, -0.2) is 0 Å². The molecule has 9 aromatic carbocycles. The Bertz CT molecular complexity index is 3850. The number of anilines is 3. The average Bonchev–Trinajstić information content (AvgIpc) is 4.38. The summed E-state index contributed by atoms with van der Waals surface area (Å²) >= 11 is 0. The SMILES string of the molecule is C1=CC2=C(CC1)Cc1ccc(-n3c4ccccc4c4cc(-c5ccc(N(c6ccc(-c7ccccc7)cc6)c6ccc(-c7ccccc7)cc6)cc5)c5oc6ccccc6c5c43)cc12.C=C/C=C\C=C(C)C.CC.CC. The standard InChI is InChI=1S/C61H42N2O.C8H12.2C2H6/c1-3-13-40(14-4-1)42-23-30-47(31-24-42)62(48-32-25-43(26-33-48)41-15-5-2-6-16-41)49-34-27-44(28-35-49)55-39-56-52-19-9-11-21-57(52)63(60(56)59-53-20-10-12-22-58(53)64-61(55)59)50-36-29-46-37-45-17-7-8-18-51(45)54(46)38-50;1-4-5-6-7-8(2)3;2*1-2/h1-6,8-16,18-36,38-39H,7,17,37H2;4-7H,1H2,2-3H3;2*1-2H3/b;6-5-;;. The van der Waals surface area contributed by atoms with Crippen LogP contribution in [0.1, 0.15) is 65.5 Å². The van der Waals surface area contributed by atoms with E-state index in [2.05, 4.69) is 248 Å². The normalized spacial score (nSPS) is 12.3. The van der Waals surface area contributed by atoms with Gasteiger partial charge in [0.25, 0.3) is 0 Å². The highest BCUT2D eigenvalue weighted by atomic mass is 16.3. The van der Waals surface area contributed by atoms with Gasteiger partial charge in [-0.15, -0.1) is 0 Å². The zero-order valence-electron chi connectivity index (χ0n) is 44.7. The molecule has 3 heteroatoms. The van der Waals surface area contributed by atoms with Gasteiger partial charge in [0.15, 0.2) is 0 Å². The number of rotatable bonds is 9. The highest BCUT2D eigenvalue weighted by molar-refractivity contribution is 6.27. The van der Waals surface area contributed by atoms with Crippen molar-refractivity contribution in [2.75, 3.05) is 4.90 Å². The van der Waals surface area contributed by atoms with Gasteiger partial charge in [-0.05, 0) is 144 Å². The molecule has 0 saturated carbocycles. The fraction of sp³-hybridized carbons (Fsp3) is 0.123. The fourth-order valence-electron chi connectivity index (χ4n) is 10.8. The third-order valence-corrected chi connectivity index (χ3v) is 14.2. The van der Waals surface area contributed by atoms with Crippen LogP contribution < -0.4 is 4.90 Å². The first kappa shape index (κ1) is 50.6. The summed E-state index contributed by atoms with van der Waals surface area (Å²) in [5.74, 6) is 0. The van der Waals surface area contributed by atoms with Crippen molar-refractivity contribution in [2.45, 2.75) is 60.8 Å². The lowest BCUT2D eigenvalue weighted by Crippen LogP contribution is -2.09. The first-order valence-corrected chi connectivity index (χ1v) is 27.0. The molecule has 0 saturated heterocycles. The molecule has 13 rings (SSSR count). The Morgan fingerprint density at radius 2 is 1.09 bits per heavy atom. The van der Waals surface area contributed by atoms with Gasteiger partial charge in [0, 0.05) is 44.5 Å². The molecule has 0 N–H and O–H groups in total. The maximum Gasteiger partial charge on any atom is 0.145 e. The van der Waals surface area contributed by atoms with Gasteiger partial charge < -0.3 is 13.9 Å². The van der Waals surface area contributed by atoms with Gasteiger partial charge >= 0.3 is 0 Å². The van der Waals surface area contributed by atoms with Gasteiger partial charge in [-0.2, -0.15) is 0 Å². The van der Waals surface area contributed by atoms with E-state index in [0.717, 1.165) is 69.4 Å². The predicted octanol–water partition coefficient (Wildman–Crippen LogP) is 21.6. The smallest absolute Gasteiger partial charge is 0.145 e. The first-order valence-electron chi connectivity index (χ1n) is 27.0. The highest BCUT2D eigenvalue weighted by Crippen LogP contribution is 2.47. The number of allylic oxidation sites excluding steroid dienone is 9. The second-order valence-corrected chi connectivity index (χ2v) is 19.0. The number of nitrogens with zero attached hydrogens (tertiary/aromatic N) is 2. The lowest BCUT2D eigenvalue weighted by Gasteiger charge is -2.26. The molecule has 2 heterocycles. The van der Waals surface area contributed by atoms with E-state index in [0.29, 0.717) is 0 Å². The molecule has 76 heavy (non-hydrogen) atoms. The second-order valence-electron chi connectivity index (χ2n) is 19.0. The van der Waals surface area contributed by atoms with Crippen molar-refractivity contribution < 1.29 is 4.42 Å². The summed E-state index contributed by atoms with van der Waals surface area (Å²) in [7, 11) is 0. The quantitative estimate of drug-likeness (QED) is 0.134. The Labute approximate surface area is 449 Å². The molecule has 0 atom stereocenters. The third kappa shape index (κ3) is 9.93. The topological polar surface area (TPSA) is 21.3 Å². The molecule has 0 spiro atoms. The minimum Gasteiger partial charge on any atom is -0.455 e. The van der Waals surface area contributed by atoms with E-state index in [1.807, 2.05) is 45.9 Å². The van der Waals surface area contributed by atoms with Crippen LogP contribution in [0.4, 0.5) is 17.1 Å². The summed E-state index contributed by atoms with van der Waals surface area (Å²) in [4.78, 5) is 2.35. The van der Waals surface area contributed by atoms with Crippen molar-refractivity contribution in [3.05, 3.63) is 272 Å². The van der Waals surface area contributed by atoms with E-state index in [9.17, 15) is 0 Å². The Morgan fingerprint density at radius 3 is 1.70 bits per heavy atom. The highest BCUT2D eigenvalue weighted by Gasteiger charge is 2.26. The zero-order chi connectivity index (χ0) is 52.5. The Morgan fingerprint density at radius 1 is 0.539 bits per heavy atom. The van der Waals surface area contributed by atoms with Crippen molar-refractivity contribution in [3.63, 3.8) is 0 Å². The first-order chi connectivity index (χ1) is 37.5. The number of aromatic nitrogens is 1. The van der Waals surface area contributed by atoms with Gasteiger partial charge in [0.2, 0.25) is 0 Å². The molecule has 0 fully saturated rings. The predicted molar refractivity (Wildman–Crippen MR) is 330 cm³/mol. The molecular weight excluding hydrogens is 921 g/mol. The maximum atomic E-state index is 6.95. The number of furan rings is 1. The summed E-state index contributed by atoms with van der Waals surface area (Å²) in [5.41, 5.74) is 22.6. The van der Waals surface area contributed by atoms with E-state index in [1.165, 1.54) is 72.0 Å². The minimum absolute atomic E-state index is 0.889. The van der Waals surface area contributed by atoms with E-state index < -0.39 is 0 Å². The van der Waals surface area contributed by atoms with Crippen molar-refractivity contribution in [1.29, 1.82) is 0 Å². The number of fused-ring (bicyclic) bond motifs is 9. The molecule has 0 amide bonds. The van der Waals surface area contributed by atoms with Crippen LogP contribution in [0.5, 0.6) is 0 Å². The van der Waals surface area contributed by atoms with Crippen LogP contribution in [0.3, 0.4) is 0 Å². The van der Waals surface area contributed by atoms with Gasteiger partial charge in [-0.1, -0.05) is 221 Å². The van der Waals surface area contributed by atoms with E-state index in [4.69, 9.17) is 4.42 Å². The van der Waals surface area contributed by atoms with Gasteiger partial charge in [0.1, 0.15) is 11.2 Å². The molecule has 0 unspecified atom stereocenters. The lowest BCUT2D eigenvalue weighted by molar-refractivity contribution is 0.670. The van der Waals surface area contributed by atoms with Crippen molar-refractivity contribution >= 4 is 66.4 Å². The van der Waals surface area contributed by atoms with Crippen LogP contribution in [-0.4, -0.2) is 4.57 Å². The molecule has 11 aromatic rings. The summed E-state index contributed by atoms with van der Waals surface area (Å²) < 4.78 is 9.43. The second kappa shape index (κ2) is 23.1. The Hall–Kier alpha value is -8.92. The van der Waals surface area contributed by atoms with Crippen LogP contribution in [0.25, 0.3) is 88.4 Å². The Balaban J connectivity index is 0.000000499. The van der Waals surface area contributed by atoms with Crippen molar-refractivity contribution in [3.8, 4) is 39.1 Å². The summed E-state index contributed by atoms with van der Waals surface area (Å²) in [6.45, 7) is 15.7. The molecule has 3 nitrogen and oxygen atoms in total. The minimum atomic E-state index is 0.889. The monoisotopic (exact) mass is 987 g/mol. The molecule has 0 aliphatic heterocycles. The van der Waals surface area contributed by atoms with Crippen molar-refractivity contribution in [2.24, 2.45) is 0 Å². The molecule has 2 aliphatic carbocycles. The summed E-state index contributed by atoms with van der Waals surface area (Å²) in [5, 5.41) is 4.70. The number of benzene rings is 9. The largest absolute Gasteiger partial charge is 0.455 e. The van der Waals surface area contributed by atoms with E-state index in [-0.39, 0.29) is 0 Å². The van der Waals surface area contributed by atoms with Crippen LogP contribution in [0, 0.1) is 0 Å². The van der Waals surface area contributed by atoms with Crippen LogP contribution in [-0.2, 0) is 6.42 Å². The van der Waals surface area contributed by atoms with Crippen LogP contribution >= 0.6 is 0 Å². The molecule has 2 aliphatic rings. The van der Waals surface area contributed by atoms with E-state index >= 15 is 0 Å². The van der Waals surface area contributed by atoms with Crippen LogP contribution in [0.15, 0.2) is 265 Å². The molecule has 2 aromatic heterocycles. The molecule has 0 bridgehead atoms. The number of hydrogen-bond acceptors (Lipinski definition) is 2. The van der Waals surface area contributed by atoms with Crippen LogP contribution in [0.2, 0.25) is 0 Å². The summed E-state index contributed by atoms with van der Waals surface area (Å²) in [6.07, 6.45) is 15.7. The van der Waals surface area contributed by atoms with Crippen molar-refractivity contribution in [1.82, 2.24) is 4.57 Å². The molecule has 374 valence electrons. The molecule has 0 radical (unpaired) electrons. The summed E-state index contributed by atoms with van der Waals surface area (Å²) in [6, 6.07) is 74.8. The lowest BCUT2D eigenvalue weighted by atomic mass is 9.97.